The van der Waals surface area contributed by atoms with Gasteiger partial charge in [0.1, 0.15) is 13.2 Å². The minimum atomic E-state index is -0.117. The molecule has 0 radical (unpaired) electrons. The highest BCUT2D eigenvalue weighted by atomic mass is 16.6. The number of hydrogen-bond acceptors (Lipinski definition) is 5. The third kappa shape index (κ3) is 4.40. The zero-order valence-electron chi connectivity index (χ0n) is 15.3. The molecule has 0 aromatic heterocycles. The summed E-state index contributed by atoms with van der Waals surface area (Å²) in [4.78, 5) is 15.0. The summed E-state index contributed by atoms with van der Waals surface area (Å²) in [6.07, 6.45) is 0. The highest BCUT2D eigenvalue weighted by molar-refractivity contribution is 5.94. The van der Waals surface area contributed by atoms with Crippen LogP contribution in [0.2, 0.25) is 0 Å². The second-order valence-corrected chi connectivity index (χ2v) is 6.70. The van der Waals surface area contributed by atoms with Crippen molar-refractivity contribution in [3.05, 3.63) is 59.2 Å². The van der Waals surface area contributed by atoms with Gasteiger partial charge in [-0.25, -0.2) is 0 Å². The average molecular weight is 368 g/mol. The van der Waals surface area contributed by atoms with Crippen LogP contribution in [-0.4, -0.2) is 50.3 Å². The van der Waals surface area contributed by atoms with E-state index in [0.29, 0.717) is 36.8 Å². The molecule has 1 fully saturated rings. The Labute approximate surface area is 159 Å². The van der Waals surface area contributed by atoms with Gasteiger partial charge in [-0.15, -0.1) is 0 Å². The van der Waals surface area contributed by atoms with Crippen molar-refractivity contribution >= 4 is 5.91 Å². The van der Waals surface area contributed by atoms with E-state index in [0.717, 1.165) is 38.4 Å². The number of hydrogen-bond donors (Lipinski definition) is 1. The van der Waals surface area contributed by atoms with E-state index in [-0.39, 0.29) is 5.91 Å². The summed E-state index contributed by atoms with van der Waals surface area (Å²) in [6, 6.07) is 13.5. The molecule has 0 spiro atoms. The summed E-state index contributed by atoms with van der Waals surface area (Å²) in [5.41, 5.74) is 2.95. The normalized spacial score (nSPS) is 16.7. The largest absolute Gasteiger partial charge is 0.486 e. The van der Waals surface area contributed by atoms with Gasteiger partial charge in [0, 0.05) is 31.7 Å². The fraction of sp³-hybridized carbons (Fsp3) is 0.381. The maximum absolute atomic E-state index is 12.6. The molecular formula is C21H24N2O4. The molecule has 142 valence electrons. The van der Waals surface area contributed by atoms with Crippen molar-refractivity contribution in [3.63, 3.8) is 0 Å². The first kappa shape index (κ1) is 17.8. The number of rotatable bonds is 5. The fourth-order valence-corrected chi connectivity index (χ4v) is 3.35. The molecule has 1 amide bonds. The monoisotopic (exact) mass is 368 g/mol. The van der Waals surface area contributed by atoms with Crippen LogP contribution >= 0.6 is 0 Å². The van der Waals surface area contributed by atoms with Gasteiger partial charge in [-0.05, 0) is 29.3 Å². The van der Waals surface area contributed by atoms with Crippen LogP contribution in [0.25, 0.3) is 0 Å². The van der Waals surface area contributed by atoms with Gasteiger partial charge in [0.2, 0.25) is 0 Å². The van der Waals surface area contributed by atoms with Gasteiger partial charge in [0.15, 0.2) is 11.5 Å². The molecule has 2 aromatic rings. The Bertz CT molecular complexity index is 803. The van der Waals surface area contributed by atoms with Crippen molar-refractivity contribution in [1.29, 1.82) is 0 Å². The standard InChI is InChI=1S/C21H24N2O4/c24-21(16-5-6-19-20(13-16)27-12-11-26-19)22-14-17-3-1-2-4-18(17)15-23-7-9-25-10-8-23/h1-6,13H,7-12,14-15H2,(H,22,24). The van der Waals surface area contributed by atoms with Crippen molar-refractivity contribution in [2.24, 2.45) is 0 Å². The van der Waals surface area contributed by atoms with E-state index in [2.05, 4.69) is 22.3 Å². The molecule has 0 saturated carbocycles. The second-order valence-electron chi connectivity index (χ2n) is 6.70. The quantitative estimate of drug-likeness (QED) is 0.877. The van der Waals surface area contributed by atoms with E-state index in [1.54, 1.807) is 18.2 Å². The minimum absolute atomic E-state index is 0.117. The van der Waals surface area contributed by atoms with E-state index in [1.165, 1.54) is 5.56 Å². The molecule has 1 saturated heterocycles. The third-order valence-electron chi connectivity index (χ3n) is 4.86. The zero-order valence-corrected chi connectivity index (χ0v) is 15.3. The smallest absolute Gasteiger partial charge is 0.251 e. The van der Waals surface area contributed by atoms with E-state index in [4.69, 9.17) is 14.2 Å². The van der Waals surface area contributed by atoms with Crippen molar-refractivity contribution in [3.8, 4) is 11.5 Å². The third-order valence-corrected chi connectivity index (χ3v) is 4.86. The van der Waals surface area contributed by atoms with Crippen LogP contribution in [0.15, 0.2) is 42.5 Å². The van der Waals surface area contributed by atoms with E-state index < -0.39 is 0 Å². The molecular weight excluding hydrogens is 344 g/mol. The predicted octanol–water partition coefficient (Wildman–Crippen LogP) is 2.22. The van der Waals surface area contributed by atoms with Crippen LogP contribution in [0, 0.1) is 0 Å². The second kappa shape index (κ2) is 8.41. The lowest BCUT2D eigenvalue weighted by Crippen LogP contribution is -2.36. The first-order valence-electron chi connectivity index (χ1n) is 9.34. The maximum atomic E-state index is 12.6. The number of carbonyl (C=O) groups excluding carboxylic acids is 1. The zero-order chi connectivity index (χ0) is 18.5. The Morgan fingerprint density at radius 2 is 1.67 bits per heavy atom. The molecule has 2 aliphatic heterocycles. The number of fused-ring (bicyclic) bond motifs is 1. The van der Waals surface area contributed by atoms with Gasteiger partial charge in [-0.2, -0.15) is 0 Å². The summed E-state index contributed by atoms with van der Waals surface area (Å²) >= 11 is 0. The molecule has 2 heterocycles. The molecule has 0 unspecified atom stereocenters. The van der Waals surface area contributed by atoms with Crippen molar-refractivity contribution < 1.29 is 19.0 Å². The Hall–Kier alpha value is -2.57. The topological polar surface area (TPSA) is 60.0 Å². The van der Waals surface area contributed by atoms with Crippen molar-refractivity contribution in [1.82, 2.24) is 10.2 Å². The molecule has 6 nitrogen and oxygen atoms in total. The fourth-order valence-electron chi connectivity index (χ4n) is 3.35. The average Bonchev–Trinajstić information content (AvgIpc) is 2.73. The highest BCUT2D eigenvalue weighted by Gasteiger charge is 2.16. The molecule has 2 aromatic carbocycles. The maximum Gasteiger partial charge on any atom is 0.251 e. The number of ether oxygens (including phenoxy) is 3. The summed E-state index contributed by atoms with van der Waals surface area (Å²) < 4.78 is 16.5. The predicted molar refractivity (Wildman–Crippen MR) is 101 cm³/mol. The van der Waals surface area contributed by atoms with Crippen LogP contribution in [0.3, 0.4) is 0 Å². The van der Waals surface area contributed by atoms with Crippen LogP contribution in [0.4, 0.5) is 0 Å². The van der Waals surface area contributed by atoms with Gasteiger partial charge < -0.3 is 19.5 Å². The van der Waals surface area contributed by atoms with E-state index >= 15 is 0 Å². The first-order chi connectivity index (χ1) is 13.3. The summed E-state index contributed by atoms with van der Waals surface area (Å²) in [7, 11) is 0. The van der Waals surface area contributed by atoms with Crippen molar-refractivity contribution in [2.75, 3.05) is 39.5 Å². The summed E-state index contributed by atoms with van der Waals surface area (Å²) in [6.45, 7) is 5.86. The lowest BCUT2D eigenvalue weighted by atomic mass is 10.1. The Morgan fingerprint density at radius 3 is 2.48 bits per heavy atom. The van der Waals surface area contributed by atoms with Crippen LogP contribution in [0.1, 0.15) is 21.5 Å². The summed E-state index contributed by atoms with van der Waals surface area (Å²) in [5, 5.41) is 3.02. The van der Waals surface area contributed by atoms with Gasteiger partial charge in [0.05, 0.1) is 13.2 Å². The van der Waals surface area contributed by atoms with Crippen LogP contribution < -0.4 is 14.8 Å². The van der Waals surface area contributed by atoms with E-state index in [9.17, 15) is 4.79 Å². The Kier molecular flexibility index (Phi) is 5.55. The van der Waals surface area contributed by atoms with Gasteiger partial charge in [-0.1, -0.05) is 24.3 Å². The molecule has 4 rings (SSSR count). The number of carbonyl (C=O) groups is 1. The van der Waals surface area contributed by atoms with Crippen LogP contribution in [0.5, 0.6) is 11.5 Å². The lowest BCUT2D eigenvalue weighted by molar-refractivity contribution is 0.0340. The number of benzene rings is 2. The number of nitrogens with one attached hydrogen (secondary N) is 1. The van der Waals surface area contributed by atoms with E-state index in [1.807, 2.05) is 12.1 Å². The Morgan fingerprint density at radius 1 is 0.926 bits per heavy atom. The molecule has 0 aliphatic carbocycles. The molecule has 1 N–H and O–H groups in total. The molecule has 0 atom stereocenters. The van der Waals surface area contributed by atoms with Gasteiger partial charge in [0.25, 0.3) is 5.91 Å². The SMILES string of the molecule is O=C(NCc1ccccc1CN1CCOCC1)c1ccc2c(c1)OCCO2. The van der Waals surface area contributed by atoms with Crippen LogP contribution in [-0.2, 0) is 17.8 Å². The summed E-state index contributed by atoms with van der Waals surface area (Å²) in [5.74, 6) is 1.20. The van der Waals surface area contributed by atoms with Gasteiger partial charge in [-0.3, -0.25) is 9.69 Å². The molecule has 0 bridgehead atoms. The Balaban J connectivity index is 1.40. The minimum Gasteiger partial charge on any atom is -0.486 e. The van der Waals surface area contributed by atoms with Crippen molar-refractivity contribution in [2.45, 2.75) is 13.1 Å². The molecule has 2 aliphatic rings. The lowest BCUT2D eigenvalue weighted by Gasteiger charge is -2.27. The van der Waals surface area contributed by atoms with Gasteiger partial charge >= 0.3 is 0 Å². The molecule has 27 heavy (non-hydrogen) atoms. The molecule has 6 heteroatoms. The number of nitrogens with zero attached hydrogens (tertiary/aromatic N) is 1. The number of amides is 1. The highest BCUT2D eigenvalue weighted by Crippen LogP contribution is 2.30. The number of morpholine rings is 1. The first-order valence-corrected chi connectivity index (χ1v) is 9.34.